The molecule has 7 rings (SSSR count). The SMILES string of the molecule is C#Cc1c(F)ccc2cc(O)cc(Cn3cnc4c(OCC(C)(C)CN5CCOCC5)nc(N5CC6CCC(C5)N6)nc43)c12. The molecule has 0 amide bonds. The molecule has 0 radical (unpaired) electrons. The van der Waals surface area contributed by atoms with Crippen LogP contribution < -0.4 is 15.0 Å². The van der Waals surface area contributed by atoms with E-state index in [-0.39, 0.29) is 23.3 Å². The Labute approximate surface area is 256 Å². The number of phenols is 1. The number of halogens is 1. The minimum atomic E-state index is -0.476. The van der Waals surface area contributed by atoms with E-state index >= 15 is 0 Å². The van der Waals surface area contributed by atoms with Gasteiger partial charge in [0.05, 0.1) is 38.3 Å². The zero-order chi connectivity index (χ0) is 30.4. The summed E-state index contributed by atoms with van der Waals surface area (Å²) in [6, 6.07) is 6.99. The van der Waals surface area contributed by atoms with Gasteiger partial charge < -0.3 is 29.4 Å². The van der Waals surface area contributed by atoms with Crippen molar-refractivity contribution in [3.05, 3.63) is 47.5 Å². The summed E-state index contributed by atoms with van der Waals surface area (Å²) >= 11 is 0. The van der Waals surface area contributed by atoms with Crippen LogP contribution in [0.4, 0.5) is 10.3 Å². The fourth-order valence-corrected chi connectivity index (χ4v) is 6.86. The zero-order valence-electron chi connectivity index (χ0n) is 25.2. The quantitative estimate of drug-likeness (QED) is 0.295. The maximum Gasteiger partial charge on any atom is 0.247 e. The van der Waals surface area contributed by atoms with Crippen LogP contribution >= 0.6 is 0 Å². The molecular formula is C33H38FN7O3. The lowest BCUT2D eigenvalue weighted by Gasteiger charge is -2.34. The molecule has 3 fully saturated rings. The van der Waals surface area contributed by atoms with Crippen LogP contribution in [0.2, 0.25) is 0 Å². The van der Waals surface area contributed by atoms with Gasteiger partial charge in [0.2, 0.25) is 11.8 Å². The molecule has 3 aliphatic rings. The lowest BCUT2D eigenvalue weighted by molar-refractivity contribution is 0.0130. The number of hydrogen-bond donors (Lipinski definition) is 2. The smallest absolute Gasteiger partial charge is 0.247 e. The summed E-state index contributed by atoms with van der Waals surface area (Å²) in [5.74, 6) is 3.15. The average Bonchev–Trinajstić information content (AvgIpc) is 3.57. The molecule has 44 heavy (non-hydrogen) atoms. The molecule has 2 bridgehead atoms. The molecule has 230 valence electrons. The third-order valence-electron chi connectivity index (χ3n) is 8.89. The number of benzene rings is 2. The Balaban J connectivity index is 1.26. The van der Waals surface area contributed by atoms with Crippen molar-refractivity contribution in [2.24, 2.45) is 5.41 Å². The van der Waals surface area contributed by atoms with E-state index in [1.165, 1.54) is 6.07 Å². The van der Waals surface area contributed by atoms with E-state index in [0.29, 0.717) is 58.0 Å². The van der Waals surface area contributed by atoms with Crippen LogP contribution in [0.5, 0.6) is 11.6 Å². The van der Waals surface area contributed by atoms with Gasteiger partial charge in [0.15, 0.2) is 11.2 Å². The van der Waals surface area contributed by atoms with E-state index in [1.807, 2.05) is 4.57 Å². The highest BCUT2D eigenvalue weighted by atomic mass is 19.1. The average molecular weight is 600 g/mol. The highest BCUT2D eigenvalue weighted by Crippen LogP contribution is 2.33. The van der Waals surface area contributed by atoms with Crippen LogP contribution in [-0.4, -0.2) is 94.2 Å². The molecule has 2 aromatic heterocycles. The van der Waals surface area contributed by atoms with Gasteiger partial charge in [-0.25, -0.2) is 9.37 Å². The summed E-state index contributed by atoms with van der Waals surface area (Å²) < 4.78 is 28.7. The van der Waals surface area contributed by atoms with E-state index in [0.717, 1.165) is 58.8 Å². The van der Waals surface area contributed by atoms with Crippen molar-refractivity contribution in [1.29, 1.82) is 0 Å². The fourth-order valence-electron chi connectivity index (χ4n) is 6.86. The molecule has 11 heteroatoms. The number of phenolic OH excluding ortho intramolecular Hbond substituents is 1. The molecule has 3 saturated heterocycles. The van der Waals surface area contributed by atoms with Crippen molar-refractivity contribution in [2.45, 2.75) is 45.3 Å². The number of aromatic nitrogens is 4. The van der Waals surface area contributed by atoms with Crippen LogP contribution in [-0.2, 0) is 11.3 Å². The zero-order valence-corrected chi connectivity index (χ0v) is 25.2. The van der Waals surface area contributed by atoms with Crippen molar-refractivity contribution in [2.75, 3.05) is 57.4 Å². The van der Waals surface area contributed by atoms with E-state index < -0.39 is 5.82 Å². The normalized spacial score (nSPS) is 20.8. The molecule has 0 aliphatic carbocycles. The van der Waals surface area contributed by atoms with Crippen LogP contribution in [0, 0.1) is 23.6 Å². The first-order valence-corrected chi connectivity index (χ1v) is 15.3. The number of fused-ring (bicyclic) bond motifs is 4. The monoisotopic (exact) mass is 599 g/mol. The van der Waals surface area contributed by atoms with Gasteiger partial charge in [0, 0.05) is 55.6 Å². The molecule has 10 nitrogen and oxygen atoms in total. The lowest BCUT2D eigenvalue weighted by Crippen LogP contribution is -2.51. The second-order valence-corrected chi connectivity index (χ2v) is 13.0. The largest absolute Gasteiger partial charge is 0.508 e. The van der Waals surface area contributed by atoms with Crippen LogP contribution in [0.15, 0.2) is 30.6 Å². The Bertz CT molecular complexity index is 1730. The summed E-state index contributed by atoms with van der Waals surface area (Å²) in [7, 11) is 0. The molecule has 3 aliphatic heterocycles. The minimum Gasteiger partial charge on any atom is -0.508 e. The van der Waals surface area contributed by atoms with Gasteiger partial charge in [-0.15, -0.1) is 6.42 Å². The van der Waals surface area contributed by atoms with Gasteiger partial charge in [0.1, 0.15) is 11.6 Å². The standard InChI is InChI=1S/C33H38FN7O3/c1-4-26-27(34)8-5-21-13-25(42)14-22(28(21)26)15-41-20-35-29-30(41)37-32(40-16-23-6-7-24(17-40)36-23)38-31(29)44-19-33(2,3)18-39-9-11-43-12-10-39/h1,5,8,13-14,20,23-24,36,42H,6-7,9-12,15-19H2,2-3H3. The number of hydrogen-bond acceptors (Lipinski definition) is 9. The number of morpholine rings is 1. The number of imidazole rings is 1. The maximum atomic E-state index is 14.8. The molecule has 2 unspecified atom stereocenters. The molecule has 0 spiro atoms. The highest BCUT2D eigenvalue weighted by molar-refractivity contribution is 5.92. The summed E-state index contributed by atoms with van der Waals surface area (Å²) in [6.45, 7) is 11.0. The summed E-state index contributed by atoms with van der Waals surface area (Å²) in [5.41, 5.74) is 1.86. The molecule has 2 aromatic carbocycles. The first-order valence-electron chi connectivity index (χ1n) is 15.3. The van der Waals surface area contributed by atoms with Crippen molar-refractivity contribution in [1.82, 2.24) is 29.7 Å². The van der Waals surface area contributed by atoms with Crippen molar-refractivity contribution < 1.29 is 19.0 Å². The number of nitrogens with zero attached hydrogens (tertiary/aromatic N) is 6. The number of aromatic hydroxyl groups is 1. The second-order valence-electron chi connectivity index (χ2n) is 13.0. The van der Waals surface area contributed by atoms with Crippen molar-refractivity contribution in [3.8, 4) is 24.0 Å². The van der Waals surface area contributed by atoms with Gasteiger partial charge in [-0.1, -0.05) is 25.8 Å². The number of terminal acetylenes is 1. The summed E-state index contributed by atoms with van der Waals surface area (Å²) in [6.07, 6.45) is 9.71. The third kappa shape index (κ3) is 5.65. The predicted molar refractivity (Wildman–Crippen MR) is 167 cm³/mol. The molecule has 4 aromatic rings. The predicted octanol–water partition coefficient (Wildman–Crippen LogP) is 3.53. The minimum absolute atomic E-state index is 0.0737. The van der Waals surface area contributed by atoms with Crippen molar-refractivity contribution in [3.63, 3.8) is 0 Å². The Hall–Kier alpha value is -3.98. The van der Waals surface area contributed by atoms with E-state index in [1.54, 1.807) is 24.5 Å². The Kier molecular flexibility index (Phi) is 7.52. The molecule has 0 saturated carbocycles. The van der Waals surface area contributed by atoms with Gasteiger partial charge in [-0.05, 0) is 42.0 Å². The van der Waals surface area contributed by atoms with Gasteiger partial charge in [-0.2, -0.15) is 9.97 Å². The summed E-state index contributed by atoms with van der Waals surface area (Å²) in [4.78, 5) is 19.3. The summed E-state index contributed by atoms with van der Waals surface area (Å²) in [5, 5.41) is 15.4. The maximum absolute atomic E-state index is 14.8. The second kappa shape index (κ2) is 11.5. The van der Waals surface area contributed by atoms with Gasteiger partial charge in [-0.3, -0.25) is 4.90 Å². The van der Waals surface area contributed by atoms with Crippen LogP contribution in [0.25, 0.3) is 21.9 Å². The van der Waals surface area contributed by atoms with E-state index in [9.17, 15) is 9.50 Å². The first-order chi connectivity index (χ1) is 21.3. The van der Waals surface area contributed by atoms with Crippen LogP contribution in [0.3, 0.4) is 0 Å². The molecular weight excluding hydrogens is 561 g/mol. The molecule has 2 N–H and O–H groups in total. The van der Waals surface area contributed by atoms with E-state index in [4.69, 9.17) is 30.8 Å². The number of anilines is 1. The number of piperazine rings is 1. The van der Waals surface area contributed by atoms with Crippen LogP contribution in [0.1, 0.15) is 37.8 Å². The first kappa shape index (κ1) is 28.8. The lowest BCUT2D eigenvalue weighted by atomic mass is 9.94. The Morgan fingerprint density at radius 3 is 2.68 bits per heavy atom. The highest BCUT2D eigenvalue weighted by Gasteiger charge is 2.34. The Morgan fingerprint density at radius 1 is 1.16 bits per heavy atom. The topological polar surface area (TPSA) is 101 Å². The van der Waals surface area contributed by atoms with Crippen molar-refractivity contribution >= 4 is 27.9 Å². The number of ether oxygens (including phenoxy) is 2. The van der Waals surface area contributed by atoms with E-state index in [2.05, 4.69) is 34.9 Å². The van der Waals surface area contributed by atoms with Gasteiger partial charge >= 0.3 is 0 Å². The molecule has 5 heterocycles. The van der Waals surface area contributed by atoms with Gasteiger partial charge in [0.25, 0.3) is 0 Å². The fraction of sp³-hybridized carbons (Fsp3) is 0.485. The molecule has 2 atom stereocenters. The number of rotatable bonds is 8. The Morgan fingerprint density at radius 2 is 1.93 bits per heavy atom. The number of nitrogens with one attached hydrogen (secondary N) is 1. The third-order valence-corrected chi connectivity index (χ3v) is 8.89.